The van der Waals surface area contributed by atoms with E-state index in [1.165, 1.54) is 5.56 Å². The fourth-order valence-corrected chi connectivity index (χ4v) is 6.64. The maximum Gasteiger partial charge on any atom is 0.343 e. The fraction of sp³-hybridized carbons (Fsp3) is 0.552. The molecule has 4 aliphatic heterocycles. The minimum absolute atomic E-state index is 0.0283. The Balaban J connectivity index is 1.49. The second kappa shape index (κ2) is 9.82. The summed E-state index contributed by atoms with van der Waals surface area (Å²) in [6.45, 7) is 6.88. The van der Waals surface area contributed by atoms with E-state index in [0.29, 0.717) is 28.8 Å². The van der Waals surface area contributed by atoms with Gasteiger partial charge in [0, 0.05) is 30.5 Å². The second-order valence-corrected chi connectivity index (χ2v) is 10.4. The number of aliphatic hydroxyl groups excluding tert-OH is 1. The van der Waals surface area contributed by atoms with E-state index in [1.807, 2.05) is 0 Å². The van der Waals surface area contributed by atoms with Gasteiger partial charge in [0.25, 0.3) is 0 Å². The second-order valence-electron chi connectivity index (χ2n) is 10.4. The monoisotopic (exact) mass is 479 g/mol. The SMILES string of the molecule is CC[C@H](O)[C@H]1C[C@H](Cc2ccccc2)C[C@@H]2[C@@H]3C(=CCCN21)OC(=C1OC(=O)C(C)=C1OC)[C@H]3C. The molecule has 0 spiro atoms. The summed E-state index contributed by atoms with van der Waals surface area (Å²) >= 11 is 0. The number of aliphatic hydroxyl groups is 1. The Morgan fingerprint density at radius 1 is 1.20 bits per heavy atom. The van der Waals surface area contributed by atoms with Crippen LogP contribution >= 0.6 is 0 Å². The first-order valence-electron chi connectivity index (χ1n) is 13.0. The van der Waals surface area contributed by atoms with Crippen molar-refractivity contribution in [3.63, 3.8) is 0 Å². The van der Waals surface area contributed by atoms with Gasteiger partial charge in [0.05, 0.1) is 18.8 Å². The largest absolute Gasteiger partial charge is 0.492 e. The lowest BCUT2D eigenvalue weighted by atomic mass is 9.74. The highest BCUT2D eigenvalue weighted by Crippen LogP contribution is 2.50. The van der Waals surface area contributed by atoms with Gasteiger partial charge in [-0.1, -0.05) is 44.2 Å². The summed E-state index contributed by atoms with van der Waals surface area (Å²) < 4.78 is 17.6. The minimum Gasteiger partial charge on any atom is -0.492 e. The van der Waals surface area contributed by atoms with Crippen LogP contribution in [0.1, 0.15) is 52.0 Å². The highest BCUT2D eigenvalue weighted by atomic mass is 16.6. The van der Waals surface area contributed by atoms with Crippen molar-refractivity contribution in [1.29, 1.82) is 0 Å². The highest BCUT2D eigenvalue weighted by molar-refractivity contribution is 5.93. The van der Waals surface area contributed by atoms with Crippen LogP contribution < -0.4 is 0 Å². The number of piperidine rings is 1. The molecule has 35 heavy (non-hydrogen) atoms. The number of hydrogen-bond acceptors (Lipinski definition) is 6. The predicted molar refractivity (Wildman–Crippen MR) is 133 cm³/mol. The number of hydrogen-bond donors (Lipinski definition) is 1. The number of carbonyl (C=O) groups is 1. The molecule has 4 aliphatic rings. The molecule has 0 unspecified atom stereocenters. The quantitative estimate of drug-likeness (QED) is 0.617. The Labute approximate surface area is 208 Å². The zero-order valence-electron chi connectivity index (χ0n) is 21.2. The van der Waals surface area contributed by atoms with Gasteiger partial charge in [0.2, 0.25) is 5.76 Å². The van der Waals surface area contributed by atoms with Crippen molar-refractivity contribution < 1.29 is 24.1 Å². The number of methoxy groups -OCH3 is 1. The number of carbonyl (C=O) groups excluding carboxylic acids is 1. The standard InChI is InChI=1S/C29H37NO5/c1-5-23(31)21-15-20(14-19-10-7-6-8-11-19)16-22-25-17(2)27(34-24(25)12-9-13-30(21)22)28-26(33-4)18(3)29(32)35-28/h6-8,10-12,17,20-23,25,31H,5,9,13-16H2,1-4H3/t17-,20-,21+,22+,23-,25+/m0/s1. The number of nitrogens with zero attached hydrogens (tertiary/aromatic N) is 1. The van der Waals surface area contributed by atoms with Crippen LogP contribution in [0.2, 0.25) is 0 Å². The van der Waals surface area contributed by atoms with Crippen molar-refractivity contribution in [1.82, 2.24) is 4.90 Å². The first-order valence-corrected chi connectivity index (χ1v) is 13.0. The van der Waals surface area contributed by atoms with E-state index in [2.05, 4.69) is 55.2 Å². The molecule has 2 saturated heterocycles. The lowest BCUT2D eigenvalue weighted by Crippen LogP contribution is -2.56. The van der Waals surface area contributed by atoms with Crippen LogP contribution in [0, 0.1) is 17.8 Å². The molecule has 0 bridgehead atoms. The minimum atomic E-state index is -0.380. The summed E-state index contributed by atoms with van der Waals surface area (Å²) in [6, 6.07) is 11.1. The van der Waals surface area contributed by atoms with Gasteiger partial charge in [0.15, 0.2) is 11.5 Å². The maximum absolute atomic E-state index is 12.3. The van der Waals surface area contributed by atoms with E-state index >= 15 is 0 Å². The van der Waals surface area contributed by atoms with E-state index in [0.717, 1.165) is 44.4 Å². The highest BCUT2D eigenvalue weighted by Gasteiger charge is 2.51. The number of ether oxygens (including phenoxy) is 3. The van der Waals surface area contributed by atoms with Crippen LogP contribution in [-0.2, 0) is 25.4 Å². The van der Waals surface area contributed by atoms with E-state index in [1.54, 1.807) is 14.0 Å². The molecule has 5 rings (SSSR count). The average molecular weight is 480 g/mol. The zero-order valence-corrected chi connectivity index (χ0v) is 21.2. The maximum atomic E-state index is 12.3. The van der Waals surface area contributed by atoms with E-state index in [9.17, 15) is 9.90 Å². The van der Waals surface area contributed by atoms with Gasteiger partial charge in [-0.05, 0) is 56.6 Å². The molecule has 1 aromatic rings. The Hall–Kier alpha value is -2.57. The summed E-state index contributed by atoms with van der Waals surface area (Å²) in [5.74, 6) is 2.81. The number of fused-ring (bicyclic) bond motifs is 3. The zero-order chi connectivity index (χ0) is 24.7. The van der Waals surface area contributed by atoms with E-state index in [4.69, 9.17) is 14.2 Å². The first kappa shape index (κ1) is 24.1. The van der Waals surface area contributed by atoms with Crippen LogP contribution in [0.5, 0.6) is 0 Å². The van der Waals surface area contributed by atoms with Gasteiger partial charge in [0.1, 0.15) is 5.76 Å². The van der Waals surface area contributed by atoms with Crippen molar-refractivity contribution in [2.24, 2.45) is 17.8 Å². The molecular weight excluding hydrogens is 442 g/mol. The Morgan fingerprint density at radius 3 is 2.69 bits per heavy atom. The van der Waals surface area contributed by atoms with Gasteiger partial charge in [-0.25, -0.2) is 4.79 Å². The number of benzene rings is 1. The first-order chi connectivity index (χ1) is 16.9. The molecule has 1 N–H and O–H groups in total. The van der Waals surface area contributed by atoms with E-state index in [-0.39, 0.29) is 36.0 Å². The van der Waals surface area contributed by atoms with Crippen LogP contribution in [0.25, 0.3) is 0 Å². The summed E-state index contributed by atoms with van der Waals surface area (Å²) in [7, 11) is 1.56. The summed E-state index contributed by atoms with van der Waals surface area (Å²) in [4.78, 5) is 14.8. The molecular formula is C29H37NO5. The Morgan fingerprint density at radius 2 is 1.97 bits per heavy atom. The smallest absolute Gasteiger partial charge is 0.343 e. The van der Waals surface area contributed by atoms with Crippen molar-refractivity contribution in [3.05, 3.63) is 70.6 Å². The molecule has 0 saturated carbocycles. The van der Waals surface area contributed by atoms with Crippen LogP contribution in [0.4, 0.5) is 0 Å². The molecule has 188 valence electrons. The third kappa shape index (κ3) is 4.31. The number of esters is 1. The topological polar surface area (TPSA) is 68.2 Å². The van der Waals surface area contributed by atoms with Crippen molar-refractivity contribution in [2.75, 3.05) is 13.7 Å². The lowest BCUT2D eigenvalue weighted by Gasteiger charge is -2.49. The summed E-state index contributed by atoms with van der Waals surface area (Å²) in [5.41, 5.74) is 1.82. The molecule has 4 heterocycles. The van der Waals surface area contributed by atoms with Gasteiger partial charge < -0.3 is 19.3 Å². The van der Waals surface area contributed by atoms with E-state index < -0.39 is 0 Å². The third-order valence-corrected chi connectivity index (χ3v) is 8.36. The number of cyclic esters (lactones) is 1. The molecule has 6 atom stereocenters. The van der Waals surface area contributed by atoms with Crippen molar-refractivity contribution in [2.45, 2.75) is 71.1 Å². The molecule has 6 nitrogen and oxygen atoms in total. The summed E-state index contributed by atoms with van der Waals surface area (Å²) in [5, 5.41) is 11.1. The number of rotatable bonds is 5. The number of allylic oxidation sites excluding steroid dienone is 1. The van der Waals surface area contributed by atoms with Crippen LogP contribution in [0.15, 0.2) is 65.0 Å². The molecule has 0 aliphatic carbocycles. The van der Waals surface area contributed by atoms with Gasteiger partial charge in [-0.15, -0.1) is 0 Å². The normalized spacial score (nSPS) is 33.9. The summed E-state index contributed by atoms with van der Waals surface area (Å²) in [6.07, 6.45) is 6.53. The molecule has 1 aromatic carbocycles. The Kier molecular flexibility index (Phi) is 6.78. The molecule has 2 fully saturated rings. The third-order valence-electron chi connectivity index (χ3n) is 8.36. The molecule has 0 amide bonds. The molecule has 0 radical (unpaired) electrons. The Bertz CT molecular complexity index is 1060. The predicted octanol–water partition coefficient (Wildman–Crippen LogP) is 4.71. The van der Waals surface area contributed by atoms with Crippen molar-refractivity contribution >= 4 is 5.97 Å². The van der Waals surface area contributed by atoms with Gasteiger partial charge >= 0.3 is 5.97 Å². The van der Waals surface area contributed by atoms with Crippen LogP contribution in [-0.4, -0.2) is 47.8 Å². The fourth-order valence-electron chi connectivity index (χ4n) is 6.64. The van der Waals surface area contributed by atoms with Crippen molar-refractivity contribution in [3.8, 4) is 0 Å². The van der Waals surface area contributed by atoms with Gasteiger partial charge in [-0.3, -0.25) is 4.90 Å². The van der Waals surface area contributed by atoms with Crippen LogP contribution in [0.3, 0.4) is 0 Å². The van der Waals surface area contributed by atoms with Gasteiger partial charge in [-0.2, -0.15) is 0 Å². The average Bonchev–Trinajstić information content (AvgIpc) is 3.26. The lowest BCUT2D eigenvalue weighted by molar-refractivity contribution is -0.133. The molecule has 0 aromatic heterocycles. The molecule has 6 heteroatoms.